The maximum absolute atomic E-state index is 12.7. The van der Waals surface area contributed by atoms with Crippen LogP contribution in [0, 0.1) is 0 Å². The molecule has 0 aromatic heterocycles. The van der Waals surface area contributed by atoms with Gasteiger partial charge in [-0.15, -0.1) is 0 Å². The lowest BCUT2D eigenvalue weighted by Gasteiger charge is -2.18. The lowest BCUT2D eigenvalue weighted by atomic mass is 10.0. The van der Waals surface area contributed by atoms with E-state index < -0.39 is 5.97 Å². The molecule has 0 aliphatic rings. The standard InChI is InChI=1S/C49H96O4/c1-3-5-7-9-11-13-15-17-18-19-20-21-22-23-24-25-26-27-29-31-33-38-42-46-49(52)53-47(44-40-36-34-37-41-45-48(50)51)43-39-35-32-30-28-16-14-12-10-8-6-4-2/h47H,3-46H2,1-2H3,(H,50,51). The van der Waals surface area contributed by atoms with Crippen molar-refractivity contribution in [1.29, 1.82) is 0 Å². The maximum Gasteiger partial charge on any atom is 0.306 e. The van der Waals surface area contributed by atoms with Crippen LogP contribution >= 0.6 is 0 Å². The van der Waals surface area contributed by atoms with Crippen molar-refractivity contribution in [3.8, 4) is 0 Å². The van der Waals surface area contributed by atoms with E-state index in [9.17, 15) is 9.59 Å². The molecule has 0 amide bonds. The summed E-state index contributed by atoms with van der Waals surface area (Å²) < 4.78 is 6.04. The number of ether oxygens (including phenoxy) is 1. The van der Waals surface area contributed by atoms with Crippen LogP contribution in [0.3, 0.4) is 0 Å². The number of hydrogen-bond acceptors (Lipinski definition) is 3. The number of carbonyl (C=O) groups excluding carboxylic acids is 1. The van der Waals surface area contributed by atoms with Crippen LogP contribution in [0.4, 0.5) is 0 Å². The average molecular weight is 749 g/mol. The number of aliphatic carboxylic acids is 1. The molecule has 1 N–H and O–H groups in total. The first kappa shape index (κ1) is 51.9. The third-order valence-electron chi connectivity index (χ3n) is 11.6. The monoisotopic (exact) mass is 749 g/mol. The molecule has 0 radical (unpaired) electrons. The summed E-state index contributed by atoms with van der Waals surface area (Å²) in [5.74, 6) is -0.681. The van der Waals surface area contributed by atoms with Gasteiger partial charge in [-0.05, 0) is 38.5 Å². The van der Waals surface area contributed by atoms with Gasteiger partial charge in [0.15, 0.2) is 0 Å². The van der Waals surface area contributed by atoms with Crippen LogP contribution in [0.5, 0.6) is 0 Å². The second-order valence-electron chi connectivity index (χ2n) is 17.0. The van der Waals surface area contributed by atoms with Gasteiger partial charge in [-0.2, -0.15) is 0 Å². The van der Waals surface area contributed by atoms with E-state index in [1.54, 1.807) is 0 Å². The van der Waals surface area contributed by atoms with Crippen LogP contribution in [0.25, 0.3) is 0 Å². The van der Waals surface area contributed by atoms with Gasteiger partial charge >= 0.3 is 11.9 Å². The summed E-state index contributed by atoms with van der Waals surface area (Å²) in [5, 5.41) is 8.85. The Kier molecular flexibility index (Phi) is 44.4. The number of carbonyl (C=O) groups is 2. The predicted octanol–water partition coefficient (Wildman–Crippen LogP) is 17.2. The summed E-state index contributed by atoms with van der Waals surface area (Å²) >= 11 is 0. The first-order valence-electron chi connectivity index (χ1n) is 24.5. The van der Waals surface area contributed by atoms with Crippen LogP contribution in [-0.4, -0.2) is 23.1 Å². The SMILES string of the molecule is CCCCCCCCCCCCCCCCCCCCCCCCCC(=O)OC(CCCCCCCCCCCCCC)CCCCCCCC(=O)O. The molecule has 4 heteroatoms. The highest BCUT2D eigenvalue weighted by Crippen LogP contribution is 2.20. The van der Waals surface area contributed by atoms with Gasteiger partial charge < -0.3 is 9.84 Å². The highest BCUT2D eigenvalue weighted by Gasteiger charge is 2.14. The Bertz CT molecular complexity index is 721. The van der Waals surface area contributed by atoms with E-state index in [1.165, 1.54) is 205 Å². The van der Waals surface area contributed by atoms with Gasteiger partial charge in [-0.3, -0.25) is 9.59 Å². The van der Waals surface area contributed by atoms with Crippen LogP contribution in [-0.2, 0) is 14.3 Å². The number of rotatable bonds is 46. The first-order valence-corrected chi connectivity index (χ1v) is 24.5. The van der Waals surface area contributed by atoms with E-state index in [0.717, 1.165) is 64.2 Å². The molecule has 0 bridgehead atoms. The molecule has 1 atom stereocenters. The Labute approximate surface area is 332 Å². The zero-order chi connectivity index (χ0) is 38.6. The fourth-order valence-electron chi connectivity index (χ4n) is 7.95. The number of carboxylic acid groups (broad SMARTS) is 1. The molecule has 0 saturated heterocycles. The third kappa shape index (κ3) is 45.2. The van der Waals surface area contributed by atoms with Gasteiger partial charge in [-0.25, -0.2) is 0 Å². The first-order chi connectivity index (χ1) is 26.1. The van der Waals surface area contributed by atoms with Crippen molar-refractivity contribution in [2.45, 2.75) is 302 Å². The number of unbranched alkanes of at least 4 members (excludes halogenated alkanes) is 37. The molecule has 0 aliphatic heterocycles. The zero-order valence-corrected chi connectivity index (χ0v) is 36.4. The molecule has 0 spiro atoms. The second kappa shape index (κ2) is 45.3. The minimum atomic E-state index is -0.694. The van der Waals surface area contributed by atoms with Crippen molar-refractivity contribution in [3.63, 3.8) is 0 Å². The topological polar surface area (TPSA) is 63.6 Å². The fraction of sp³-hybridized carbons (Fsp3) is 0.959. The molecular weight excluding hydrogens is 653 g/mol. The summed E-state index contributed by atoms with van der Waals surface area (Å²) in [6.45, 7) is 4.58. The zero-order valence-electron chi connectivity index (χ0n) is 36.4. The smallest absolute Gasteiger partial charge is 0.306 e. The third-order valence-corrected chi connectivity index (χ3v) is 11.6. The molecule has 0 rings (SSSR count). The van der Waals surface area contributed by atoms with Crippen molar-refractivity contribution < 1.29 is 19.4 Å². The summed E-state index contributed by atoms with van der Waals surface area (Å²) in [6.07, 6.45) is 55.9. The molecule has 53 heavy (non-hydrogen) atoms. The van der Waals surface area contributed by atoms with E-state index in [4.69, 9.17) is 9.84 Å². The van der Waals surface area contributed by atoms with E-state index in [0.29, 0.717) is 6.42 Å². The lowest BCUT2D eigenvalue weighted by molar-refractivity contribution is -0.150. The van der Waals surface area contributed by atoms with Gasteiger partial charge in [0.25, 0.3) is 0 Å². The van der Waals surface area contributed by atoms with Gasteiger partial charge in [0.2, 0.25) is 0 Å². The summed E-state index contributed by atoms with van der Waals surface area (Å²) in [6, 6.07) is 0. The van der Waals surface area contributed by atoms with Crippen molar-refractivity contribution >= 4 is 11.9 Å². The van der Waals surface area contributed by atoms with Gasteiger partial charge in [0, 0.05) is 12.8 Å². The Morgan fingerprint density at radius 2 is 0.566 bits per heavy atom. The Balaban J connectivity index is 3.81. The Morgan fingerprint density at radius 3 is 0.830 bits per heavy atom. The van der Waals surface area contributed by atoms with Gasteiger partial charge in [0.1, 0.15) is 6.10 Å². The number of esters is 1. The Morgan fingerprint density at radius 1 is 0.340 bits per heavy atom. The van der Waals surface area contributed by atoms with E-state index in [2.05, 4.69) is 13.8 Å². The molecule has 0 aliphatic carbocycles. The largest absolute Gasteiger partial charge is 0.481 e. The lowest BCUT2D eigenvalue weighted by Crippen LogP contribution is -2.18. The predicted molar refractivity (Wildman–Crippen MR) is 232 cm³/mol. The van der Waals surface area contributed by atoms with Gasteiger partial charge in [0.05, 0.1) is 0 Å². The summed E-state index contributed by atoms with van der Waals surface area (Å²) in [7, 11) is 0. The molecule has 316 valence electrons. The molecule has 0 saturated carbocycles. The molecule has 0 fully saturated rings. The normalized spacial score (nSPS) is 12.0. The summed E-state index contributed by atoms with van der Waals surface area (Å²) in [4.78, 5) is 23.5. The van der Waals surface area contributed by atoms with Crippen molar-refractivity contribution in [2.24, 2.45) is 0 Å². The fourth-order valence-corrected chi connectivity index (χ4v) is 7.95. The van der Waals surface area contributed by atoms with Crippen LogP contribution in [0.1, 0.15) is 296 Å². The highest BCUT2D eigenvalue weighted by atomic mass is 16.5. The molecule has 0 heterocycles. The van der Waals surface area contributed by atoms with Crippen LogP contribution in [0.15, 0.2) is 0 Å². The molecule has 0 aromatic carbocycles. The van der Waals surface area contributed by atoms with Crippen molar-refractivity contribution in [3.05, 3.63) is 0 Å². The van der Waals surface area contributed by atoms with E-state index in [1.807, 2.05) is 0 Å². The molecule has 0 aromatic rings. The second-order valence-corrected chi connectivity index (χ2v) is 17.0. The average Bonchev–Trinajstić information content (AvgIpc) is 3.14. The van der Waals surface area contributed by atoms with Crippen LogP contribution < -0.4 is 0 Å². The van der Waals surface area contributed by atoms with Crippen molar-refractivity contribution in [2.75, 3.05) is 0 Å². The molecule has 4 nitrogen and oxygen atoms in total. The van der Waals surface area contributed by atoms with E-state index in [-0.39, 0.29) is 18.5 Å². The number of hydrogen-bond donors (Lipinski definition) is 1. The maximum atomic E-state index is 12.7. The Hall–Kier alpha value is -1.06. The highest BCUT2D eigenvalue weighted by molar-refractivity contribution is 5.69. The minimum absolute atomic E-state index is 0.0129. The quantitative estimate of drug-likeness (QED) is 0.0497. The molecule has 1 unspecified atom stereocenters. The van der Waals surface area contributed by atoms with Gasteiger partial charge in [-0.1, -0.05) is 245 Å². The minimum Gasteiger partial charge on any atom is -0.481 e. The van der Waals surface area contributed by atoms with Crippen molar-refractivity contribution in [1.82, 2.24) is 0 Å². The molecular formula is C49H96O4. The van der Waals surface area contributed by atoms with Crippen LogP contribution in [0.2, 0.25) is 0 Å². The summed E-state index contributed by atoms with van der Waals surface area (Å²) in [5.41, 5.74) is 0. The van der Waals surface area contributed by atoms with E-state index >= 15 is 0 Å². The number of carboxylic acids is 1.